The van der Waals surface area contributed by atoms with E-state index in [0.29, 0.717) is 18.3 Å². The summed E-state index contributed by atoms with van der Waals surface area (Å²) in [5, 5.41) is 13.2. The van der Waals surface area contributed by atoms with Crippen LogP contribution in [0.2, 0.25) is 0 Å². The van der Waals surface area contributed by atoms with Gasteiger partial charge in [-0.2, -0.15) is 5.10 Å². The van der Waals surface area contributed by atoms with Gasteiger partial charge in [0, 0.05) is 19.3 Å². The molecule has 2 N–H and O–H groups in total. The van der Waals surface area contributed by atoms with Gasteiger partial charge in [-0.3, -0.25) is 9.48 Å². The first-order valence-electron chi connectivity index (χ1n) is 8.81. The van der Waals surface area contributed by atoms with Gasteiger partial charge >= 0.3 is 0 Å². The fourth-order valence-corrected chi connectivity index (χ4v) is 3.34. The van der Waals surface area contributed by atoms with Gasteiger partial charge < -0.3 is 10.6 Å². The SMILES string of the molecule is Cl.O=C(NCc1ccc2ccccc2c1)c1ccn(C2CCCNC2)n1. The molecule has 2 aromatic carbocycles. The third-order valence-electron chi connectivity index (χ3n) is 4.75. The van der Waals surface area contributed by atoms with Crippen LogP contribution >= 0.6 is 12.4 Å². The fraction of sp³-hybridized carbons (Fsp3) is 0.300. The van der Waals surface area contributed by atoms with Crippen molar-refractivity contribution >= 4 is 29.1 Å². The van der Waals surface area contributed by atoms with Gasteiger partial charge in [-0.1, -0.05) is 36.4 Å². The highest BCUT2D eigenvalue weighted by Gasteiger charge is 2.17. The maximum absolute atomic E-state index is 12.4. The van der Waals surface area contributed by atoms with E-state index in [1.165, 1.54) is 10.8 Å². The molecule has 26 heavy (non-hydrogen) atoms. The summed E-state index contributed by atoms with van der Waals surface area (Å²) in [5.74, 6) is -0.129. The highest BCUT2D eigenvalue weighted by atomic mass is 35.5. The van der Waals surface area contributed by atoms with E-state index >= 15 is 0 Å². The van der Waals surface area contributed by atoms with Gasteiger partial charge in [0.05, 0.1) is 6.04 Å². The van der Waals surface area contributed by atoms with E-state index in [1.807, 2.05) is 23.0 Å². The molecule has 0 radical (unpaired) electrons. The van der Waals surface area contributed by atoms with E-state index in [4.69, 9.17) is 0 Å². The number of piperidine rings is 1. The van der Waals surface area contributed by atoms with Crippen LogP contribution in [0.1, 0.15) is 34.9 Å². The van der Waals surface area contributed by atoms with Crippen LogP contribution in [-0.4, -0.2) is 28.8 Å². The summed E-state index contributed by atoms with van der Waals surface area (Å²) < 4.78 is 1.91. The van der Waals surface area contributed by atoms with Gasteiger partial charge in [-0.05, 0) is 47.9 Å². The topological polar surface area (TPSA) is 59.0 Å². The third-order valence-corrected chi connectivity index (χ3v) is 4.75. The molecule has 1 fully saturated rings. The smallest absolute Gasteiger partial charge is 0.272 e. The number of hydrogen-bond acceptors (Lipinski definition) is 3. The molecule has 1 aromatic heterocycles. The molecule has 1 unspecified atom stereocenters. The Kier molecular flexibility index (Phi) is 5.91. The number of carbonyl (C=O) groups is 1. The minimum Gasteiger partial charge on any atom is -0.347 e. The zero-order valence-electron chi connectivity index (χ0n) is 14.5. The molecule has 6 heteroatoms. The molecular weight excluding hydrogens is 348 g/mol. The molecule has 1 amide bonds. The van der Waals surface area contributed by atoms with Crippen molar-refractivity contribution in [2.45, 2.75) is 25.4 Å². The summed E-state index contributed by atoms with van der Waals surface area (Å²) in [6.07, 6.45) is 4.16. The predicted molar refractivity (Wildman–Crippen MR) is 106 cm³/mol. The van der Waals surface area contributed by atoms with E-state index < -0.39 is 0 Å². The lowest BCUT2D eigenvalue weighted by Gasteiger charge is -2.22. The minimum atomic E-state index is -0.129. The van der Waals surface area contributed by atoms with Crippen LogP contribution in [0.25, 0.3) is 10.8 Å². The van der Waals surface area contributed by atoms with Crippen LogP contribution in [0, 0.1) is 0 Å². The molecular formula is C20H23ClN4O. The molecule has 0 aliphatic carbocycles. The van der Waals surface area contributed by atoms with Crippen molar-refractivity contribution < 1.29 is 4.79 Å². The van der Waals surface area contributed by atoms with Crippen molar-refractivity contribution in [3.8, 4) is 0 Å². The molecule has 2 heterocycles. The number of carbonyl (C=O) groups excluding carboxylic acids is 1. The molecule has 136 valence electrons. The van der Waals surface area contributed by atoms with E-state index in [1.54, 1.807) is 6.07 Å². The maximum atomic E-state index is 12.4. The first-order valence-corrected chi connectivity index (χ1v) is 8.81. The Morgan fingerprint density at radius 3 is 2.85 bits per heavy atom. The summed E-state index contributed by atoms with van der Waals surface area (Å²) in [7, 11) is 0. The molecule has 3 aromatic rings. The van der Waals surface area contributed by atoms with E-state index in [2.05, 4.69) is 46.1 Å². The zero-order chi connectivity index (χ0) is 17.1. The standard InChI is InChI=1S/C20H22N4O.ClH/c25-20(19-9-11-24(23-19)18-6-3-10-21-14-18)22-13-15-7-8-16-4-1-2-5-17(16)12-15;/h1-2,4-5,7-9,11-12,18,21H,3,6,10,13-14H2,(H,22,25);1H. The molecule has 1 aliphatic rings. The maximum Gasteiger partial charge on any atom is 0.272 e. The van der Waals surface area contributed by atoms with Crippen molar-refractivity contribution in [3.63, 3.8) is 0 Å². The first kappa shape index (κ1) is 18.4. The van der Waals surface area contributed by atoms with Crippen molar-refractivity contribution in [2.75, 3.05) is 13.1 Å². The number of halogens is 1. The lowest BCUT2D eigenvalue weighted by molar-refractivity contribution is 0.0944. The zero-order valence-corrected chi connectivity index (χ0v) is 15.3. The van der Waals surface area contributed by atoms with Gasteiger partial charge in [0.15, 0.2) is 0 Å². The first-order chi connectivity index (χ1) is 12.3. The van der Waals surface area contributed by atoms with Crippen LogP contribution < -0.4 is 10.6 Å². The quantitative estimate of drug-likeness (QED) is 0.740. The van der Waals surface area contributed by atoms with Crippen molar-refractivity contribution in [1.29, 1.82) is 0 Å². The van der Waals surface area contributed by atoms with E-state index in [0.717, 1.165) is 31.5 Å². The Hall–Kier alpha value is -2.37. The van der Waals surface area contributed by atoms with Crippen LogP contribution in [0.15, 0.2) is 54.7 Å². The Balaban J connectivity index is 0.00000196. The third kappa shape index (κ3) is 4.06. The molecule has 4 rings (SSSR count). The molecule has 0 spiro atoms. The molecule has 1 saturated heterocycles. The number of aromatic nitrogens is 2. The van der Waals surface area contributed by atoms with Gasteiger partial charge in [-0.15, -0.1) is 12.4 Å². The monoisotopic (exact) mass is 370 g/mol. The molecule has 0 saturated carbocycles. The number of nitrogens with one attached hydrogen (secondary N) is 2. The summed E-state index contributed by atoms with van der Waals surface area (Å²) >= 11 is 0. The minimum absolute atomic E-state index is 0. The molecule has 1 aliphatic heterocycles. The van der Waals surface area contributed by atoms with E-state index in [9.17, 15) is 4.79 Å². The average Bonchev–Trinajstić information content (AvgIpc) is 3.17. The van der Waals surface area contributed by atoms with Gasteiger partial charge in [0.1, 0.15) is 5.69 Å². The number of fused-ring (bicyclic) bond motifs is 1. The molecule has 1 atom stereocenters. The Morgan fingerprint density at radius 1 is 1.19 bits per heavy atom. The predicted octanol–water partition coefficient (Wildman–Crippen LogP) is 3.31. The van der Waals surface area contributed by atoms with Crippen LogP contribution in [0.3, 0.4) is 0 Å². The Morgan fingerprint density at radius 2 is 2.04 bits per heavy atom. The second-order valence-electron chi connectivity index (χ2n) is 6.55. The highest BCUT2D eigenvalue weighted by molar-refractivity contribution is 5.92. The van der Waals surface area contributed by atoms with Crippen molar-refractivity contribution in [3.05, 3.63) is 66.0 Å². The average molecular weight is 371 g/mol. The second kappa shape index (κ2) is 8.34. The Bertz CT molecular complexity index is 886. The van der Waals surface area contributed by atoms with Crippen LogP contribution in [0.4, 0.5) is 0 Å². The largest absolute Gasteiger partial charge is 0.347 e. The number of benzene rings is 2. The van der Waals surface area contributed by atoms with Crippen molar-refractivity contribution in [1.82, 2.24) is 20.4 Å². The lowest BCUT2D eigenvalue weighted by atomic mass is 10.1. The highest BCUT2D eigenvalue weighted by Crippen LogP contribution is 2.17. The van der Waals surface area contributed by atoms with E-state index in [-0.39, 0.29) is 18.3 Å². The van der Waals surface area contributed by atoms with Gasteiger partial charge in [0.2, 0.25) is 0 Å². The van der Waals surface area contributed by atoms with Crippen molar-refractivity contribution in [2.24, 2.45) is 0 Å². The Labute approximate surface area is 159 Å². The van der Waals surface area contributed by atoms with Crippen LogP contribution in [0.5, 0.6) is 0 Å². The number of rotatable bonds is 4. The summed E-state index contributed by atoms with van der Waals surface area (Å²) in [4.78, 5) is 12.4. The normalized spacial score (nSPS) is 16.8. The molecule has 0 bridgehead atoms. The van der Waals surface area contributed by atoms with Gasteiger partial charge in [0.25, 0.3) is 5.91 Å². The second-order valence-corrected chi connectivity index (χ2v) is 6.55. The molecule has 5 nitrogen and oxygen atoms in total. The number of nitrogens with zero attached hydrogens (tertiary/aromatic N) is 2. The summed E-state index contributed by atoms with van der Waals surface area (Å²) in [6.45, 7) is 2.48. The summed E-state index contributed by atoms with van der Waals surface area (Å²) in [5.41, 5.74) is 1.56. The number of amides is 1. The van der Waals surface area contributed by atoms with Gasteiger partial charge in [-0.25, -0.2) is 0 Å². The fourth-order valence-electron chi connectivity index (χ4n) is 3.34. The van der Waals surface area contributed by atoms with Crippen LogP contribution in [-0.2, 0) is 6.54 Å². The summed E-state index contributed by atoms with van der Waals surface area (Å²) in [6, 6.07) is 16.6. The lowest BCUT2D eigenvalue weighted by Crippen LogP contribution is -2.32. The number of hydrogen-bond donors (Lipinski definition) is 2.